The topological polar surface area (TPSA) is 63.5 Å². The molecule has 21 heavy (non-hydrogen) atoms. The molecule has 1 aliphatic rings. The van der Waals surface area contributed by atoms with Crippen molar-refractivity contribution in [3.8, 4) is 11.8 Å². The van der Waals surface area contributed by atoms with Crippen LogP contribution in [-0.4, -0.2) is 31.6 Å². The van der Waals surface area contributed by atoms with Crippen LogP contribution in [0.3, 0.4) is 0 Å². The molecule has 1 fully saturated rings. The molecule has 0 radical (unpaired) electrons. The maximum Gasteiger partial charge on any atom is 0.162 e. The van der Waals surface area contributed by atoms with Crippen molar-refractivity contribution in [2.75, 3.05) is 25.1 Å². The smallest absolute Gasteiger partial charge is 0.162 e. The number of hydrogen-bond acceptors (Lipinski definition) is 5. The van der Waals surface area contributed by atoms with E-state index in [4.69, 9.17) is 19.5 Å². The highest BCUT2D eigenvalue weighted by Gasteiger charge is 2.28. The molecule has 114 valence electrons. The zero-order valence-corrected chi connectivity index (χ0v) is 12.6. The van der Waals surface area contributed by atoms with Crippen LogP contribution in [0.4, 0.5) is 5.69 Å². The summed E-state index contributed by atoms with van der Waals surface area (Å²) in [5, 5.41) is 11.9. The minimum Gasteiger partial charge on any atom is -0.493 e. The van der Waals surface area contributed by atoms with Crippen LogP contribution >= 0.6 is 0 Å². The quantitative estimate of drug-likeness (QED) is 0.816. The summed E-state index contributed by atoms with van der Waals surface area (Å²) in [5.74, 6) is 0.306. The third kappa shape index (κ3) is 5.25. The van der Waals surface area contributed by atoms with Crippen LogP contribution in [-0.2, 0) is 9.47 Å². The van der Waals surface area contributed by atoms with Gasteiger partial charge in [-0.3, -0.25) is 0 Å². The second-order valence-corrected chi connectivity index (χ2v) is 5.50. The fraction of sp³-hybridized carbons (Fsp3) is 0.562. The number of nitriles is 1. The Morgan fingerprint density at radius 1 is 1.38 bits per heavy atom. The van der Waals surface area contributed by atoms with E-state index in [1.807, 2.05) is 38.1 Å². The third-order valence-electron chi connectivity index (χ3n) is 3.17. The SMILES string of the molecule is CC1(C)OCC(Nc2cccc(OCCCC#N)c2)CO1. The van der Waals surface area contributed by atoms with Crippen molar-refractivity contribution in [3.05, 3.63) is 24.3 Å². The van der Waals surface area contributed by atoms with Crippen LogP contribution in [0.15, 0.2) is 24.3 Å². The van der Waals surface area contributed by atoms with Crippen molar-refractivity contribution in [1.82, 2.24) is 0 Å². The van der Waals surface area contributed by atoms with E-state index >= 15 is 0 Å². The summed E-state index contributed by atoms with van der Waals surface area (Å²) in [5.41, 5.74) is 0.977. The molecule has 1 heterocycles. The van der Waals surface area contributed by atoms with Crippen molar-refractivity contribution in [3.63, 3.8) is 0 Å². The van der Waals surface area contributed by atoms with Gasteiger partial charge in [-0.05, 0) is 32.4 Å². The summed E-state index contributed by atoms with van der Waals surface area (Å²) in [6, 6.07) is 10.0. The Kier molecular flexibility index (Phi) is 5.43. The van der Waals surface area contributed by atoms with Crippen LogP contribution in [0.1, 0.15) is 26.7 Å². The summed E-state index contributed by atoms with van der Waals surface area (Å²) >= 11 is 0. The van der Waals surface area contributed by atoms with E-state index in [9.17, 15) is 0 Å². The van der Waals surface area contributed by atoms with Crippen molar-refractivity contribution < 1.29 is 14.2 Å². The van der Waals surface area contributed by atoms with Crippen LogP contribution < -0.4 is 10.1 Å². The molecule has 1 saturated heterocycles. The van der Waals surface area contributed by atoms with Gasteiger partial charge in [0.2, 0.25) is 0 Å². The first-order valence-corrected chi connectivity index (χ1v) is 7.23. The lowest BCUT2D eigenvalue weighted by Crippen LogP contribution is -2.45. The molecule has 1 N–H and O–H groups in total. The molecule has 0 aromatic heterocycles. The fourth-order valence-corrected chi connectivity index (χ4v) is 2.03. The van der Waals surface area contributed by atoms with E-state index < -0.39 is 5.79 Å². The van der Waals surface area contributed by atoms with Gasteiger partial charge in [0, 0.05) is 18.2 Å². The second kappa shape index (κ2) is 7.30. The highest BCUT2D eigenvalue weighted by atomic mass is 16.7. The fourth-order valence-electron chi connectivity index (χ4n) is 2.03. The highest BCUT2D eigenvalue weighted by Crippen LogP contribution is 2.22. The van der Waals surface area contributed by atoms with Gasteiger partial charge >= 0.3 is 0 Å². The molecule has 5 nitrogen and oxygen atoms in total. The lowest BCUT2D eigenvalue weighted by molar-refractivity contribution is -0.247. The van der Waals surface area contributed by atoms with Gasteiger partial charge in [-0.25, -0.2) is 0 Å². The van der Waals surface area contributed by atoms with Crippen LogP contribution in [0.2, 0.25) is 0 Å². The van der Waals surface area contributed by atoms with Gasteiger partial charge < -0.3 is 19.5 Å². The van der Waals surface area contributed by atoms with E-state index in [1.165, 1.54) is 0 Å². The third-order valence-corrected chi connectivity index (χ3v) is 3.17. The molecular weight excluding hydrogens is 268 g/mol. The zero-order chi connectivity index (χ0) is 15.1. The molecule has 0 unspecified atom stereocenters. The first-order chi connectivity index (χ1) is 10.1. The summed E-state index contributed by atoms with van der Waals surface area (Å²) in [6.07, 6.45) is 1.26. The largest absolute Gasteiger partial charge is 0.493 e. The molecule has 0 amide bonds. The lowest BCUT2D eigenvalue weighted by Gasteiger charge is -2.35. The number of nitrogens with zero attached hydrogens (tertiary/aromatic N) is 1. The predicted octanol–water partition coefficient (Wildman–Crippen LogP) is 2.93. The second-order valence-electron chi connectivity index (χ2n) is 5.50. The van der Waals surface area contributed by atoms with E-state index in [1.54, 1.807) is 0 Å². The molecular formula is C16H22N2O3. The predicted molar refractivity (Wildman–Crippen MR) is 80.2 cm³/mol. The Morgan fingerprint density at radius 3 is 2.86 bits per heavy atom. The molecule has 2 rings (SSSR count). The molecule has 0 saturated carbocycles. The van der Waals surface area contributed by atoms with E-state index in [-0.39, 0.29) is 6.04 Å². The van der Waals surface area contributed by atoms with Gasteiger partial charge in [0.1, 0.15) is 5.75 Å². The van der Waals surface area contributed by atoms with Crippen molar-refractivity contribution in [2.24, 2.45) is 0 Å². The highest BCUT2D eigenvalue weighted by molar-refractivity contribution is 5.49. The van der Waals surface area contributed by atoms with Gasteiger partial charge in [0.25, 0.3) is 0 Å². The van der Waals surface area contributed by atoms with Crippen molar-refractivity contribution >= 4 is 5.69 Å². The number of anilines is 1. The van der Waals surface area contributed by atoms with Gasteiger partial charge in [-0.2, -0.15) is 5.26 Å². The molecule has 0 aliphatic carbocycles. The Labute approximate surface area is 125 Å². The molecule has 0 spiro atoms. The Morgan fingerprint density at radius 2 is 2.14 bits per heavy atom. The molecule has 0 atom stereocenters. The molecule has 1 aliphatic heterocycles. The maximum atomic E-state index is 8.49. The number of ether oxygens (including phenoxy) is 3. The van der Waals surface area contributed by atoms with E-state index in [0.29, 0.717) is 26.2 Å². The Hall–Kier alpha value is -1.77. The summed E-state index contributed by atoms with van der Waals surface area (Å²) in [6.45, 7) is 5.61. The van der Waals surface area contributed by atoms with E-state index in [2.05, 4.69) is 11.4 Å². The van der Waals surface area contributed by atoms with Gasteiger partial charge in [-0.15, -0.1) is 0 Å². The standard InChI is InChI=1S/C16H22N2O3/c1-16(2)20-11-14(12-21-16)18-13-6-5-7-15(10-13)19-9-4-3-8-17/h5-7,10,14,18H,3-4,9,11-12H2,1-2H3. The average Bonchev–Trinajstić information content (AvgIpc) is 2.46. The van der Waals surface area contributed by atoms with Gasteiger partial charge in [0.15, 0.2) is 5.79 Å². The van der Waals surface area contributed by atoms with Crippen molar-refractivity contribution in [2.45, 2.75) is 38.5 Å². The van der Waals surface area contributed by atoms with E-state index in [0.717, 1.165) is 17.9 Å². The summed E-state index contributed by atoms with van der Waals surface area (Å²) < 4.78 is 16.9. The number of nitrogens with one attached hydrogen (secondary N) is 1. The lowest BCUT2D eigenvalue weighted by atomic mass is 10.2. The Balaban J connectivity index is 1.82. The first kappa shape index (κ1) is 15.6. The number of benzene rings is 1. The number of unbranched alkanes of at least 4 members (excludes halogenated alkanes) is 1. The molecule has 5 heteroatoms. The molecule has 1 aromatic carbocycles. The summed E-state index contributed by atoms with van der Waals surface area (Å²) in [4.78, 5) is 0. The number of hydrogen-bond donors (Lipinski definition) is 1. The van der Waals surface area contributed by atoms with Crippen LogP contribution in [0, 0.1) is 11.3 Å². The number of rotatable bonds is 6. The monoisotopic (exact) mass is 290 g/mol. The summed E-state index contributed by atoms with van der Waals surface area (Å²) in [7, 11) is 0. The zero-order valence-electron chi connectivity index (χ0n) is 12.6. The van der Waals surface area contributed by atoms with Gasteiger partial charge in [-0.1, -0.05) is 6.07 Å². The minimum atomic E-state index is -0.496. The maximum absolute atomic E-state index is 8.49. The van der Waals surface area contributed by atoms with Crippen LogP contribution in [0.5, 0.6) is 5.75 Å². The first-order valence-electron chi connectivity index (χ1n) is 7.23. The molecule has 0 bridgehead atoms. The Bertz CT molecular complexity index is 487. The van der Waals surface area contributed by atoms with Gasteiger partial charge in [0.05, 0.1) is 31.9 Å². The average molecular weight is 290 g/mol. The van der Waals surface area contributed by atoms with Crippen LogP contribution in [0.25, 0.3) is 0 Å². The van der Waals surface area contributed by atoms with Crippen molar-refractivity contribution in [1.29, 1.82) is 5.26 Å². The molecule has 1 aromatic rings. The minimum absolute atomic E-state index is 0.131. The normalized spacial score (nSPS) is 18.0.